The van der Waals surface area contributed by atoms with E-state index in [-0.39, 0.29) is 12.5 Å². The van der Waals surface area contributed by atoms with Crippen LogP contribution in [0.3, 0.4) is 0 Å². The number of rotatable bonds is 6. The first-order valence-electron chi connectivity index (χ1n) is 11.9. The van der Waals surface area contributed by atoms with Crippen molar-refractivity contribution < 1.29 is 13.2 Å². The van der Waals surface area contributed by atoms with E-state index in [0.29, 0.717) is 31.1 Å². The van der Waals surface area contributed by atoms with Gasteiger partial charge >= 0.3 is 0 Å². The molecule has 0 unspecified atom stereocenters. The SMILES string of the molecule is O=C(CN1CCN(S(=O)(=O)c2ccc3ccccc3c2)CC1)Nc1ccc(N2CCCC2)cc1. The third-order valence-corrected chi connectivity index (χ3v) is 8.57. The lowest BCUT2D eigenvalue weighted by molar-refractivity contribution is -0.117. The minimum absolute atomic E-state index is 0.0836. The molecule has 8 heteroatoms. The number of amides is 1. The number of hydrogen-bond donors (Lipinski definition) is 1. The molecule has 0 aromatic heterocycles. The molecule has 5 rings (SSSR count). The van der Waals surface area contributed by atoms with Gasteiger partial charge in [-0.25, -0.2) is 8.42 Å². The molecular formula is C26H30N4O3S. The summed E-state index contributed by atoms with van der Waals surface area (Å²) in [6.45, 7) is 4.21. The fraction of sp³-hybridized carbons (Fsp3) is 0.346. The first-order chi connectivity index (χ1) is 16.5. The van der Waals surface area contributed by atoms with Gasteiger partial charge in [0.25, 0.3) is 0 Å². The fourth-order valence-electron chi connectivity index (χ4n) is 4.74. The lowest BCUT2D eigenvalue weighted by Crippen LogP contribution is -2.50. The van der Waals surface area contributed by atoms with E-state index in [1.807, 2.05) is 47.4 Å². The first-order valence-corrected chi connectivity index (χ1v) is 13.3. The third-order valence-electron chi connectivity index (χ3n) is 6.68. The van der Waals surface area contributed by atoms with Gasteiger partial charge in [0.1, 0.15) is 0 Å². The van der Waals surface area contributed by atoms with E-state index in [9.17, 15) is 13.2 Å². The van der Waals surface area contributed by atoms with E-state index >= 15 is 0 Å². The number of anilines is 2. The molecule has 3 aromatic rings. The van der Waals surface area contributed by atoms with Crippen molar-refractivity contribution in [2.75, 3.05) is 56.0 Å². The highest BCUT2D eigenvalue weighted by Crippen LogP contribution is 2.24. The predicted molar refractivity (Wildman–Crippen MR) is 136 cm³/mol. The summed E-state index contributed by atoms with van der Waals surface area (Å²) in [6, 6.07) is 21.0. The Morgan fingerprint density at radius 1 is 0.794 bits per heavy atom. The molecule has 2 fully saturated rings. The molecule has 2 aliphatic rings. The van der Waals surface area contributed by atoms with E-state index in [2.05, 4.69) is 22.3 Å². The number of fused-ring (bicyclic) bond motifs is 1. The zero-order valence-electron chi connectivity index (χ0n) is 19.2. The molecule has 34 heavy (non-hydrogen) atoms. The van der Waals surface area contributed by atoms with Gasteiger partial charge in [-0.2, -0.15) is 4.31 Å². The van der Waals surface area contributed by atoms with Crippen molar-refractivity contribution in [2.45, 2.75) is 17.7 Å². The van der Waals surface area contributed by atoms with Crippen LogP contribution in [0, 0.1) is 0 Å². The normalized spacial score (nSPS) is 17.8. The Morgan fingerprint density at radius 3 is 2.18 bits per heavy atom. The number of nitrogens with zero attached hydrogens (tertiary/aromatic N) is 3. The molecule has 2 saturated heterocycles. The van der Waals surface area contributed by atoms with E-state index < -0.39 is 10.0 Å². The van der Waals surface area contributed by atoms with Gasteiger partial charge in [-0.3, -0.25) is 9.69 Å². The maximum atomic E-state index is 13.1. The highest BCUT2D eigenvalue weighted by molar-refractivity contribution is 7.89. The Bertz CT molecular complexity index is 1260. The number of carbonyl (C=O) groups excluding carboxylic acids is 1. The highest BCUT2D eigenvalue weighted by atomic mass is 32.2. The van der Waals surface area contributed by atoms with Crippen LogP contribution in [0.4, 0.5) is 11.4 Å². The van der Waals surface area contributed by atoms with Crippen LogP contribution in [-0.2, 0) is 14.8 Å². The van der Waals surface area contributed by atoms with Gasteiger partial charge in [0.2, 0.25) is 15.9 Å². The third kappa shape index (κ3) is 4.94. The standard InChI is InChI=1S/C26H30N4O3S/c31-26(27-23-8-10-24(11-9-23)29-13-3-4-14-29)20-28-15-17-30(18-16-28)34(32,33)25-12-7-21-5-1-2-6-22(21)19-25/h1-2,5-12,19H,3-4,13-18,20H2,(H,27,31). The smallest absolute Gasteiger partial charge is 0.243 e. The van der Waals surface area contributed by atoms with Crippen molar-refractivity contribution in [3.05, 3.63) is 66.7 Å². The molecule has 0 bridgehead atoms. The average Bonchev–Trinajstić information content (AvgIpc) is 3.39. The summed E-state index contributed by atoms with van der Waals surface area (Å²) in [5.41, 5.74) is 1.98. The van der Waals surface area contributed by atoms with E-state index in [4.69, 9.17) is 0 Å². The van der Waals surface area contributed by atoms with Crippen molar-refractivity contribution in [2.24, 2.45) is 0 Å². The van der Waals surface area contributed by atoms with Gasteiger partial charge in [0.15, 0.2) is 0 Å². The Morgan fingerprint density at radius 2 is 1.47 bits per heavy atom. The minimum atomic E-state index is -3.56. The lowest BCUT2D eigenvalue weighted by Gasteiger charge is -2.33. The number of carbonyl (C=O) groups is 1. The molecule has 7 nitrogen and oxygen atoms in total. The Labute approximate surface area is 201 Å². The average molecular weight is 479 g/mol. The molecule has 0 atom stereocenters. The van der Waals surface area contributed by atoms with Crippen LogP contribution in [0.1, 0.15) is 12.8 Å². The zero-order valence-corrected chi connectivity index (χ0v) is 20.0. The van der Waals surface area contributed by atoms with E-state index in [1.54, 1.807) is 12.1 Å². The Kier molecular flexibility index (Phi) is 6.54. The topological polar surface area (TPSA) is 73.0 Å². The maximum absolute atomic E-state index is 13.1. The van der Waals surface area contributed by atoms with Crippen molar-refractivity contribution >= 4 is 38.1 Å². The maximum Gasteiger partial charge on any atom is 0.243 e. The second kappa shape index (κ2) is 9.74. The van der Waals surface area contributed by atoms with Crippen LogP contribution in [0.5, 0.6) is 0 Å². The van der Waals surface area contributed by atoms with Gasteiger partial charge in [-0.05, 0) is 60.0 Å². The summed E-state index contributed by atoms with van der Waals surface area (Å²) < 4.78 is 27.8. The monoisotopic (exact) mass is 478 g/mol. The van der Waals surface area contributed by atoms with Gasteiger partial charge in [0, 0.05) is 50.6 Å². The van der Waals surface area contributed by atoms with Crippen molar-refractivity contribution in [3.63, 3.8) is 0 Å². The van der Waals surface area contributed by atoms with Gasteiger partial charge < -0.3 is 10.2 Å². The number of sulfonamides is 1. The molecule has 0 saturated carbocycles. The van der Waals surface area contributed by atoms with Crippen LogP contribution >= 0.6 is 0 Å². The van der Waals surface area contributed by atoms with Crippen LogP contribution < -0.4 is 10.2 Å². The van der Waals surface area contributed by atoms with Crippen molar-refractivity contribution in [1.29, 1.82) is 0 Å². The molecule has 0 spiro atoms. The molecule has 2 heterocycles. The number of benzene rings is 3. The largest absolute Gasteiger partial charge is 0.372 e. The number of hydrogen-bond acceptors (Lipinski definition) is 5. The first kappa shape index (κ1) is 22.8. The lowest BCUT2D eigenvalue weighted by atomic mass is 10.1. The molecule has 2 aliphatic heterocycles. The molecule has 3 aromatic carbocycles. The summed E-state index contributed by atoms with van der Waals surface area (Å²) in [5.74, 6) is -0.0836. The van der Waals surface area contributed by atoms with Gasteiger partial charge in [-0.15, -0.1) is 0 Å². The second-order valence-electron chi connectivity index (χ2n) is 8.98. The van der Waals surface area contributed by atoms with E-state index in [1.165, 1.54) is 22.8 Å². The summed E-state index contributed by atoms with van der Waals surface area (Å²) in [4.78, 5) is 17.2. The van der Waals surface area contributed by atoms with Crippen molar-refractivity contribution in [1.82, 2.24) is 9.21 Å². The van der Waals surface area contributed by atoms with Crippen LogP contribution in [-0.4, -0.2) is 69.3 Å². The van der Waals surface area contributed by atoms with Gasteiger partial charge in [0.05, 0.1) is 11.4 Å². The quantitative estimate of drug-likeness (QED) is 0.588. The summed E-state index contributed by atoms with van der Waals surface area (Å²) in [6.07, 6.45) is 2.46. The Hall–Kier alpha value is -2.94. The molecule has 0 aliphatic carbocycles. The van der Waals surface area contributed by atoms with Crippen LogP contribution in [0.15, 0.2) is 71.6 Å². The molecular weight excluding hydrogens is 448 g/mol. The van der Waals surface area contributed by atoms with Crippen LogP contribution in [0.25, 0.3) is 10.8 Å². The summed E-state index contributed by atoms with van der Waals surface area (Å²) >= 11 is 0. The number of nitrogens with one attached hydrogen (secondary N) is 1. The zero-order chi connectivity index (χ0) is 23.5. The highest BCUT2D eigenvalue weighted by Gasteiger charge is 2.29. The minimum Gasteiger partial charge on any atom is -0.372 e. The second-order valence-corrected chi connectivity index (χ2v) is 10.9. The predicted octanol–water partition coefficient (Wildman–Crippen LogP) is 3.39. The molecule has 178 valence electrons. The van der Waals surface area contributed by atoms with E-state index in [0.717, 1.165) is 29.5 Å². The molecule has 1 N–H and O–H groups in total. The van der Waals surface area contributed by atoms with Crippen LogP contribution in [0.2, 0.25) is 0 Å². The summed E-state index contributed by atoms with van der Waals surface area (Å²) in [7, 11) is -3.56. The molecule has 1 amide bonds. The number of piperazine rings is 1. The molecule has 0 radical (unpaired) electrons. The fourth-order valence-corrected chi connectivity index (χ4v) is 6.20. The van der Waals surface area contributed by atoms with Gasteiger partial charge in [-0.1, -0.05) is 30.3 Å². The van der Waals surface area contributed by atoms with Crippen molar-refractivity contribution in [3.8, 4) is 0 Å². The Balaban J connectivity index is 1.14. The summed E-state index contributed by atoms with van der Waals surface area (Å²) in [5, 5.41) is 4.89.